The lowest BCUT2D eigenvalue weighted by Crippen LogP contribution is -1.87. The predicted octanol–water partition coefficient (Wildman–Crippen LogP) is 1.34. The van der Waals surface area contributed by atoms with Gasteiger partial charge in [0.2, 0.25) is 0 Å². The first kappa shape index (κ1) is 12.4. The smallest absolute Gasteiger partial charge is 0.328 e. The molecule has 0 bridgehead atoms. The highest BCUT2D eigenvalue weighted by Crippen LogP contribution is 2.31. The molecule has 5 heteroatoms. The van der Waals surface area contributed by atoms with Gasteiger partial charge in [-0.1, -0.05) is 0 Å². The fourth-order valence-electron chi connectivity index (χ4n) is 0.258. The molecule has 3 nitrogen and oxygen atoms in total. The van der Waals surface area contributed by atoms with Crippen molar-refractivity contribution < 1.29 is 13.9 Å². The van der Waals surface area contributed by atoms with E-state index in [1.165, 1.54) is 0 Å². The van der Waals surface area contributed by atoms with Gasteiger partial charge in [0.25, 0.3) is 0 Å². The Morgan fingerprint density at radius 2 is 1.56 bits per heavy atom. The lowest BCUT2D eigenvalue weighted by atomic mass is 10.9. The molecule has 0 radical (unpaired) electrons. The summed E-state index contributed by atoms with van der Waals surface area (Å²) in [6.45, 7) is 4.62. The Balaban J connectivity index is 0. The fourth-order valence-corrected chi connectivity index (χ4v) is 0.774. The molecule has 0 saturated heterocycles. The van der Waals surface area contributed by atoms with E-state index in [0.717, 1.165) is 0 Å². The van der Waals surface area contributed by atoms with Crippen LogP contribution in [0.25, 0.3) is 0 Å². The first-order chi connectivity index (χ1) is 3.81. The van der Waals surface area contributed by atoms with E-state index in [0.29, 0.717) is 13.2 Å². The molecule has 0 aliphatic heterocycles. The molecule has 0 aromatic carbocycles. The maximum atomic E-state index is 8.67. The van der Waals surface area contributed by atoms with Crippen LogP contribution in [0.4, 0.5) is 0 Å². The molecular formula is C4H14O3P2. The van der Waals surface area contributed by atoms with Crippen LogP contribution in [-0.2, 0) is 9.05 Å². The molecule has 58 valence electrons. The van der Waals surface area contributed by atoms with Crippen LogP contribution in [0.5, 0.6) is 0 Å². The first-order valence-electron chi connectivity index (χ1n) is 2.56. The van der Waals surface area contributed by atoms with E-state index < -0.39 is 8.60 Å². The Hall–Kier alpha value is 0.740. The summed E-state index contributed by atoms with van der Waals surface area (Å²) >= 11 is 0. The quantitative estimate of drug-likeness (QED) is 0.650. The maximum absolute atomic E-state index is 8.67. The third-order valence-electron chi connectivity index (χ3n) is 0.479. The standard InChI is InChI=1S/C4H11O3P.H3P/c1-3-6-8(5)7-4-2;/h5H,3-4H2,1-2H3;1H3. The Bertz CT molecular complexity index is 47.1. The average molecular weight is 172 g/mol. The molecule has 1 N–H and O–H groups in total. The molecule has 0 spiro atoms. The summed E-state index contributed by atoms with van der Waals surface area (Å²) in [7, 11) is -1.58. The van der Waals surface area contributed by atoms with Crippen LogP contribution in [0.3, 0.4) is 0 Å². The Morgan fingerprint density at radius 1 is 1.22 bits per heavy atom. The number of hydrogen-bond acceptors (Lipinski definition) is 3. The number of hydrogen-bond donors (Lipinski definition) is 1. The zero-order chi connectivity index (χ0) is 6.41. The summed E-state index contributed by atoms with van der Waals surface area (Å²) in [4.78, 5) is 8.67. The van der Waals surface area contributed by atoms with Crippen molar-refractivity contribution in [3.05, 3.63) is 0 Å². The summed E-state index contributed by atoms with van der Waals surface area (Å²) in [6, 6.07) is 0. The molecule has 0 saturated carbocycles. The molecule has 0 aromatic rings. The van der Waals surface area contributed by atoms with Gasteiger partial charge >= 0.3 is 8.60 Å². The molecule has 0 aromatic heterocycles. The van der Waals surface area contributed by atoms with E-state index >= 15 is 0 Å². The van der Waals surface area contributed by atoms with Crippen LogP contribution < -0.4 is 0 Å². The molecule has 0 aliphatic carbocycles. The second-order valence-corrected chi connectivity index (χ2v) is 2.07. The Labute approximate surface area is 60.4 Å². The van der Waals surface area contributed by atoms with Crippen LogP contribution in [-0.4, -0.2) is 18.1 Å². The van der Waals surface area contributed by atoms with Gasteiger partial charge in [0.1, 0.15) is 0 Å². The summed E-state index contributed by atoms with van der Waals surface area (Å²) in [5.41, 5.74) is 0. The Morgan fingerprint density at radius 3 is 1.78 bits per heavy atom. The van der Waals surface area contributed by atoms with Crippen LogP contribution in [0.1, 0.15) is 13.8 Å². The summed E-state index contributed by atoms with van der Waals surface area (Å²) in [5.74, 6) is 0. The minimum atomic E-state index is -1.58. The molecule has 9 heavy (non-hydrogen) atoms. The van der Waals surface area contributed by atoms with Gasteiger partial charge in [-0.05, 0) is 13.8 Å². The number of rotatable bonds is 4. The van der Waals surface area contributed by atoms with Gasteiger partial charge in [-0.25, -0.2) is 0 Å². The molecule has 0 rings (SSSR count). The van der Waals surface area contributed by atoms with E-state index in [1.807, 2.05) is 13.8 Å². The van der Waals surface area contributed by atoms with Gasteiger partial charge in [0.15, 0.2) is 0 Å². The van der Waals surface area contributed by atoms with Gasteiger partial charge in [0.05, 0.1) is 13.2 Å². The minimum Gasteiger partial charge on any atom is -0.328 e. The van der Waals surface area contributed by atoms with E-state index in [1.54, 1.807) is 0 Å². The van der Waals surface area contributed by atoms with E-state index in [-0.39, 0.29) is 9.90 Å². The van der Waals surface area contributed by atoms with E-state index in [2.05, 4.69) is 9.05 Å². The Kier molecular flexibility index (Phi) is 12.1. The summed E-state index contributed by atoms with van der Waals surface area (Å²) in [6.07, 6.45) is 0. The molecule has 1 unspecified atom stereocenters. The van der Waals surface area contributed by atoms with Gasteiger partial charge in [-0.15, -0.1) is 0 Å². The molecular weight excluding hydrogens is 158 g/mol. The van der Waals surface area contributed by atoms with Gasteiger partial charge < -0.3 is 13.9 Å². The fraction of sp³-hybridized carbons (Fsp3) is 1.00. The zero-order valence-electron chi connectivity index (χ0n) is 5.83. The first-order valence-corrected chi connectivity index (χ1v) is 3.69. The van der Waals surface area contributed by atoms with Gasteiger partial charge in [-0.3, -0.25) is 0 Å². The third-order valence-corrected chi connectivity index (χ3v) is 1.44. The summed E-state index contributed by atoms with van der Waals surface area (Å²) in [5, 5.41) is 0. The molecule has 0 amide bonds. The average Bonchev–Trinajstić information content (AvgIpc) is 1.68. The molecule has 1 atom stereocenters. The van der Waals surface area contributed by atoms with Crippen LogP contribution in [0.15, 0.2) is 0 Å². The molecule has 0 fully saturated rings. The van der Waals surface area contributed by atoms with Gasteiger partial charge in [0, 0.05) is 0 Å². The van der Waals surface area contributed by atoms with Gasteiger partial charge in [-0.2, -0.15) is 9.90 Å². The van der Waals surface area contributed by atoms with Crippen LogP contribution >= 0.6 is 18.5 Å². The van der Waals surface area contributed by atoms with Crippen molar-refractivity contribution in [2.45, 2.75) is 13.8 Å². The van der Waals surface area contributed by atoms with Crippen molar-refractivity contribution in [3.8, 4) is 0 Å². The van der Waals surface area contributed by atoms with Crippen LogP contribution in [0, 0.1) is 0 Å². The largest absolute Gasteiger partial charge is 0.329 e. The predicted molar refractivity (Wildman–Crippen MR) is 43.5 cm³/mol. The van der Waals surface area contributed by atoms with Crippen molar-refractivity contribution in [2.24, 2.45) is 0 Å². The zero-order valence-corrected chi connectivity index (χ0v) is 8.14. The van der Waals surface area contributed by atoms with Crippen molar-refractivity contribution >= 4 is 18.5 Å². The van der Waals surface area contributed by atoms with Crippen LogP contribution in [0.2, 0.25) is 0 Å². The topological polar surface area (TPSA) is 38.7 Å². The third kappa shape index (κ3) is 8.74. The lowest BCUT2D eigenvalue weighted by molar-refractivity contribution is 0.216. The highest BCUT2D eigenvalue weighted by Gasteiger charge is 2.00. The monoisotopic (exact) mass is 172 g/mol. The minimum absolute atomic E-state index is 0. The summed E-state index contributed by atoms with van der Waals surface area (Å²) < 4.78 is 9.36. The van der Waals surface area contributed by atoms with Crippen molar-refractivity contribution in [1.29, 1.82) is 0 Å². The molecule has 0 aliphatic rings. The second kappa shape index (κ2) is 8.74. The van der Waals surface area contributed by atoms with Crippen molar-refractivity contribution in [1.82, 2.24) is 0 Å². The second-order valence-electron chi connectivity index (χ2n) is 1.07. The van der Waals surface area contributed by atoms with E-state index in [9.17, 15) is 0 Å². The normalized spacial score (nSPS) is 9.33. The molecule has 0 heterocycles. The van der Waals surface area contributed by atoms with E-state index in [4.69, 9.17) is 4.89 Å². The highest BCUT2D eigenvalue weighted by atomic mass is 31.2. The van der Waals surface area contributed by atoms with Crippen molar-refractivity contribution in [2.75, 3.05) is 13.2 Å². The SMILES string of the molecule is CCOP(O)OCC.P. The van der Waals surface area contributed by atoms with Crippen molar-refractivity contribution in [3.63, 3.8) is 0 Å². The maximum Gasteiger partial charge on any atom is 0.329 e. The lowest BCUT2D eigenvalue weighted by Gasteiger charge is -2.05. The highest BCUT2D eigenvalue weighted by molar-refractivity contribution is 7.40.